The normalized spacial score (nSPS) is 54.9. The Kier molecular flexibility index (Phi) is 3.71. The number of aliphatic hydroxyl groups is 3. The molecule has 0 saturated heterocycles. The Morgan fingerprint density at radius 2 is 1.92 bits per heavy atom. The largest absolute Gasteiger partial charge is 0.479 e. The summed E-state index contributed by atoms with van der Waals surface area (Å²) < 4.78 is 0. The molecule has 8 atom stereocenters. The summed E-state index contributed by atoms with van der Waals surface area (Å²) in [5.41, 5.74) is -1.37. The highest BCUT2D eigenvalue weighted by Crippen LogP contribution is 2.67. The second-order valence-electron chi connectivity index (χ2n) is 9.47. The number of hydrogen-bond donors (Lipinski definition) is 4. The van der Waals surface area contributed by atoms with E-state index < -0.39 is 23.1 Å². The van der Waals surface area contributed by atoms with Gasteiger partial charge in [-0.25, -0.2) is 4.79 Å². The van der Waals surface area contributed by atoms with Crippen LogP contribution in [0.2, 0.25) is 0 Å². The second kappa shape index (κ2) is 5.30. The third-order valence-corrected chi connectivity index (χ3v) is 8.52. The van der Waals surface area contributed by atoms with Gasteiger partial charge in [-0.2, -0.15) is 0 Å². The molecule has 3 fully saturated rings. The lowest BCUT2D eigenvalue weighted by molar-refractivity contribution is -0.193. The summed E-state index contributed by atoms with van der Waals surface area (Å²) in [6.07, 6.45) is 5.77. The van der Waals surface area contributed by atoms with Crippen molar-refractivity contribution in [3.05, 3.63) is 11.6 Å². The Labute approximate surface area is 148 Å². The molecular formula is C20H30O5. The van der Waals surface area contributed by atoms with Crippen molar-refractivity contribution in [3.8, 4) is 0 Å². The van der Waals surface area contributed by atoms with Crippen molar-refractivity contribution < 1.29 is 25.2 Å². The molecule has 0 aromatic carbocycles. The molecule has 0 spiro atoms. The van der Waals surface area contributed by atoms with Crippen molar-refractivity contribution in [1.29, 1.82) is 0 Å². The standard InChI is InChI=1S/C20H30O5/c1-18-7-5-12(21)9-11(18)3-4-13-14-6-8-20(25,17(23)24)19(14,2)10-15(22)16(13)18/h3,12-16,21-22,25H,4-10H2,1-2H3,(H,23,24)/t12?,13-,14-,15-,16+,18-,19-,20-/m0/s1. The molecule has 0 bridgehead atoms. The molecular weight excluding hydrogens is 320 g/mol. The summed E-state index contributed by atoms with van der Waals surface area (Å²) >= 11 is 0. The van der Waals surface area contributed by atoms with Gasteiger partial charge in [0, 0.05) is 5.41 Å². The van der Waals surface area contributed by atoms with E-state index in [0.29, 0.717) is 19.3 Å². The third-order valence-electron chi connectivity index (χ3n) is 8.52. The van der Waals surface area contributed by atoms with E-state index in [1.807, 2.05) is 6.92 Å². The molecule has 5 heteroatoms. The Bertz CT molecular complexity index is 630. The lowest BCUT2D eigenvalue weighted by Gasteiger charge is -2.60. The van der Waals surface area contributed by atoms with E-state index in [1.165, 1.54) is 5.57 Å². The SMILES string of the molecule is C[C@]12CCC(O)CC1=CC[C@@H]1[C@@H]2[C@@H](O)C[C@@]2(C)[C@H]1CC[C@]2(O)C(=O)O. The number of fused-ring (bicyclic) bond motifs is 5. The fraction of sp³-hybridized carbons (Fsp3) is 0.850. The number of allylic oxidation sites excluding steroid dienone is 1. The first-order valence-electron chi connectivity index (χ1n) is 9.65. The van der Waals surface area contributed by atoms with Crippen LogP contribution >= 0.6 is 0 Å². The molecule has 0 amide bonds. The van der Waals surface area contributed by atoms with Crippen LogP contribution in [0.3, 0.4) is 0 Å². The summed E-state index contributed by atoms with van der Waals surface area (Å²) in [6.45, 7) is 4.08. The van der Waals surface area contributed by atoms with Crippen molar-refractivity contribution in [3.63, 3.8) is 0 Å². The van der Waals surface area contributed by atoms with Crippen molar-refractivity contribution in [2.75, 3.05) is 0 Å². The first-order chi connectivity index (χ1) is 11.6. The van der Waals surface area contributed by atoms with Crippen LogP contribution in [0.25, 0.3) is 0 Å². The predicted octanol–water partition coefficient (Wildman–Crippen LogP) is 2.10. The number of aliphatic carboxylic acids is 1. The fourth-order valence-corrected chi connectivity index (χ4v) is 7.13. The number of carboxylic acid groups (broad SMARTS) is 1. The van der Waals surface area contributed by atoms with Gasteiger partial charge in [-0.3, -0.25) is 0 Å². The van der Waals surface area contributed by atoms with Crippen molar-refractivity contribution in [1.82, 2.24) is 0 Å². The topological polar surface area (TPSA) is 98.0 Å². The minimum Gasteiger partial charge on any atom is -0.479 e. The van der Waals surface area contributed by atoms with Crippen LogP contribution < -0.4 is 0 Å². The fourth-order valence-electron chi connectivity index (χ4n) is 7.13. The lowest BCUT2D eigenvalue weighted by atomic mass is 9.46. The van der Waals surface area contributed by atoms with Gasteiger partial charge in [0.2, 0.25) is 0 Å². The molecule has 4 aliphatic carbocycles. The van der Waals surface area contributed by atoms with Gasteiger partial charge >= 0.3 is 5.97 Å². The van der Waals surface area contributed by atoms with Crippen molar-refractivity contribution >= 4 is 5.97 Å². The second-order valence-corrected chi connectivity index (χ2v) is 9.47. The molecule has 0 radical (unpaired) electrons. The molecule has 3 saturated carbocycles. The highest BCUT2D eigenvalue weighted by Gasteiger charge is 2.68. The zero-order valence-electron chi connectivity index (χ0n) is 15.1. The van der Waals surface area contributed by atoms with Gasteiger partial charge in [-0.15, -0.1) is 0 Å². The molecule has 1 unspecified atom stereocenters. The maximum Gasteiger partial charge on any atom is 0.336 e. The summed E-state index contributed by atoms with van der Waals surface area (Å²) in [7, 11) is 0. The van der Waals surface area contributed by atoms with E-state index in [2.05, 4.69) is 13.0 Å². The van der Waals surface area contributed by atoms with Crippen LogP contribution in [0, 0.1) is 28.6 Å². The van der Waals surface area contributed by atoms with E-state index in [1.54, 1.807) is 0 Å². The molecule has 0 heterocycles. The number of aliphatic hydroxyl groups excluding tert-OH is 2. The first kappa shape index (κ1) is 17.5. The molecule has 25 heavy (non-hydrogen) atoms. The molecule has 5 nitrogen and oxygen atoms in total. The van der Waals surface area contributed by atoms with E-state index in [9.17, 15) is 25.2 Å². The monoisotopic (exact) mass is 350 g/mol. The minimum absolute atomic E-state index is 0.0919. The van der Waals surface area contributed by atoms with Gasteiger partial charge < -0.3 is 20.4 Å². The van der Waals surface area contributed by atoms with Gasteiger partial charge in [0.25, 0.3) is 0 Å². The Balaban J connectivity index is 1.74. The number of carbonyl (C=O) groups is 1. The van der Waals surface area contributed by atoms with E-state index in [0.717, 1.165) is 19.3 Å². The van der Waals surface area contributed by atoms with Gasteiger partial charge in [0.1, 0.15) is 0 Å². The van der Waals surface area contributed by atoms with Crippen LogP contribution in [0.15, 0.2) is 11.6 Å². The van der Waals surface area contributed by atoms with Crippen LogP contribution in [-0.4, -0.2) is 44.2 Å². The van der Waals surface area contributed by atoms with Gasteiger partial charge in [0.05, 0.1) is 12.2 Å². The summed E-state index contributed by atoms with van der Waals surface area (Å²) in [5, 5.41) is 41.7. The summed E-state index contributed by atoms with van der Waals surface area (Å²) in [6, 6.07) is 0. The average molecular weight is 350 g/mol. The maximum absolute atomic E-state index is 11.8. The number of rotatable bonds is 1. The Morgan fingerprint density at radius 1 is 1.20 bits per heavy atom. The average Bonchev–Trinajstić information content (AvgIpc) is 2.80. The third kappa shape index (κ3) is 2.09. The molecule has 4 N–H and O–H groups in total. The number of carboxylic acids is 1. The van der Waals surface area contributed by atoms with Crippen molar-refractivity contribution in [2.45, 2.75) is 76.6 Å². The van der Waals surface area contributed by atoms with Crippen LogP contribution in [0.1, 0.15) is 58.8 Å². The summed E-state index contributed by atoms with van der Waals surface area (Å²) in [5.74, 6) is -0.744. The quantitative estimate of drug-likeness (QED) is 0.543. The smallest absolute Gasteiger partial charge is 0.336 e. The molecule has 0 aromatic heterocycles. The van der Waals surface area contributed by atoms with E-state index in [-0.39, 0.29) is 35.7 Å². The molecule has 4 rings (SSSR count). The van der Waals surface area contributed by atoms with Gasteiger partial charge in [-0.05, 0) is 68.1 Å². The van der Waals surface area contributed by atoms with Gasteiger partial charge in [-0.1, -0.05) is 25.5 Å². The lowest BCUT2D eigenvalue weighted by Crippen LogP contribution is -2.61. The molecule has 0 aromatic rings. The van der Waals surface area contributed by atoms with Crippen LogP contribution in [0.5, 0.6) is 0 Å². The van der Waals surface area contributed by atoms with Crippen LogP contribution in [0.4, 0.5) is 0 Å². The highest BCUT2D eigenvalue weighted by molar-refractivity contribution is 5.79. The Hall–Kier alpha value is -0.910. The molecule has 0 aliphatic heterocycles. The Morgan fingerprint density at radius 3 is 2.60 bits per heavy atom. The van der Waals surface area contributed by atoms with E-state index in [4.69, 9.17) is 0 Å². The van der Waals surface area contributed by atoms with E-state index >= 15 is 0 Å². The maximum atomic E-state index is 11.8. The van der Waals surface area contributed by atoms with Gasteiger partial charge in [0.15, 0.2) is 5.60 Å². The zero-order chi connectivity index (χ0) is 18.2. The minimum atomic E-state index is -1.74. The van der Waals surface area contributed by atoms with Crippen LogP contribution in [-0.2, 0) is 4.79 Å². The van der Waals surface area contributed by atoms with Crippen molar-refractivity contribution in [2.24, 2.45) is 28.6 Å². The summed E-state index contributed by atoms with van der Waals surface area (Å²) in [4.78, 5) is 11.8. The number of hydrogen-bond acceptors (Lipinski definition) is 4. The molecule has 4 aliphatic rings. The first-order valence-corrected chi connectivity index (χ1v) is 9.65. The highest BCUT2D eigenvalue weighted by atomic mass is 16.4. The zero-order valence-corrected chi connectivity index (χ0v) is 15.1. The predicted molar refractivity (Wildman–Crippen MR) is 91.7 cm³/mol. The molecule has 140 valence electrons.